The molecule has 1 aliphatic rings. The molecule has 1 aliphatic heterocycles. The Balaban J connectivity index is 0.00000289. The van der Waals surface area contributed by atoms with Crippen LogP contribution in [0.4, 0.5) is 24.7 Å². The number of fused-ring (bicyclic) bond motifs is 1. The van der Waals surface area contributed by atoms with Crippen molar-refractivity contribution in [3.8, 4) is 0 Å². The molecule has 1 aromatic carbocycles. The van der Waals surface area contributed by atoms with Gasteiger partial charge in [-0.1, -0.05) is 6.07 Å². The molecule has 168 valence electrons. The second-order valence-electron chi connectivity index (χ2n) is 7.28. The molecule has 1 atom stereocenters. The molecule has 0 unspecified atom stereocenters. The van der Waals surface area contributed by atoms with Crippen molar-refractivity contribution in [2.45, 2.75) is 26.1 Å². The van der Waals surface area contributed by atoms with Crippen molar-refractivity contribution in [2.75, 3.05) is 16.8 Å². The Labute approximate surface area is 188 Å². The van der Waals surface area contributed by atoms with E-state index >= 15 is 0 Å². The molecule has 2 aromatic heterocycles. The minimum absolute atomic E-state index is 0. The van der Waals surface area contributed by atoms with Crippen LogP contribution in [-0.2, 0) is 6.18 Å². The van der Waals surface area contributed by atoms with E-state index in [2.05, 4.69) is 15.4 Å². The first kappa shape index (κ1) is 23.3. The zero-order chi connectivity index (χ0) is 22.3. The van der Waals surface area contributed by atoms with Gasteiger partial charge in [0.1, 0.15) is 11.5 Å². The van der Waals surface area contributed by atoms with E-state index in [0.717, 1.165) is 17.7 Å². The summed E-state index contributed by atoms with van der Waals surface area (Å²) in [7, 11) is 0. The molecule has 0 saturated heterocycles. The smallest absolute Gasteiger partial charge is 0.306 e. The topological polar surface area (TPSA) is 80.1 Å². The second kappa shape index (κ2) is 8.65. The molecule has 7 nitrogen and oxygen atoms in total. The number of carbonyl (C=O) groups is 2. The maximum absolute atomic E-state index is 13.2. The summed E-state index contributed by atoms with van der Waals surface area (Å²) >= 11 is 0. The standard InChI is InChI=1S/C21H18F3N5O2.H2S/c1-12-4-3-9-25-18(12)27-19(30)16-10-26-29-13(2)11-28(20(31)17(16)29)15-7-5-14(6-8-15)21(22,23)24;/h3-10,13H,11H2,1-2H3,(H,25,27,30);1H2/t13-;/m0./s1. The van der Waals surface area contributed by atoms with Crippen molar-refractivity contribution in [2.24, 2.45) is 0 Å². The second-order valence-corrected chi connectivity index (χ2v) is 7.28. The van der Waals surface area contributed by atoms with Crippen LogP contribution in [0.3, 0.4) is 0 Å². The summed E-state index contributed by atoms with van der Waals surface area (Å²) in [6.45, 7) is 3.81. The molecule has 32 heavy (non-hydrogen) atoms. The normalized spacial score (nSPS) is 15.7. The summed E-state index contributed by atoms with van der Waals surface area (Å²) in [4.78, 5) is 31.5. The van der Waals surface area contributed by atoms with Crippen LogP contribution in [0.2, 0.25) is 0 Å². The van der Waals surface area contributed by atoms with Gasteiger partial charge in [0.05, 0.1) is 23.4 Å². The van der Waals surface area contributed by atoms with Gasteiger partial charge in [0.25, 0.3) is 11.8 Å². The lowest BCUT2D eigenvalue weighted by atomic mass is 10.1. The molecule has 2 amide bonds. The lowest BCUT2D eigenvalue weighted by Crippen LogP contribution is -2.43. The van der Waals surface area contributed by atoms with Gasteiger partial charge in [-0.3, -0.25) is 14.3 Å². The number of nitrogens with one attached hydrogen (secondary N) is 1. The number of aromatic nitrogens is 3. The van der Waals surface area contributed by atoms with Crippen molar-refractivity contribution < 1.29 is 22.8 Å². The van der Waals surface area contributed by atoms with Gasteiger partial charge in [-0.2, -0.15) is 31.8 Å². The van der Waals surface area contributed by atoms with Crippen LogP contribution in [0.25, 0.3) is 0 Å². The van der Waals surface area contributed by atoms with Crippen LogP contribution >= 0.6 is 13.5 Å². The zero-order valence-electron chi connectivity index (χ0n) is 17.1. The van der Waals surface area contributed by atoms with Crippen molar-refractivity contribution in [1.82, 2.24) is 14.8 Å². The molecule has 3 heterocycles. The van der Waals surface area contributed by atoms with E-state index in [1.165, 1.54) is 34.1 Å². The summed E-state index contributed by atoms with van der Waals surface area (Å²) in [5, 5.41) is 6.86. The summed E-state index contributed by atoms with van der Waals surface area (Å²) in [5.74, 6) is -0.695. The molecular weight excluding hydrogens is 443 g/mol. The molecule has 11 heteroatoms. The van der Waals surface area contributed by atoms with Gasteiger partial charge in [0.2, 0.25) is 0 Å². The van der Waals surface area contributed by atoms with Crippen LogP contribution in [0.1, 0.15) is 44.9 Å². The average molecular weight is 463 g/mol. The Morgan fingerprint density at radius 3 is 2.50 bits per heavy atom. The maximum Gasteiger partial charge on any atom is 0.416 e. The average Bonchev–Trinajstić information content (AvgIpc) is 3.18. The number of alkyl halides is 3. The number of halogens is 3. The lowest BCUT2D eigenvalue weighted by molar-refractivity contribution is -0.137. The number of hydrogen-bond donors (Lipinski definition) is 1. The highest BCUT2D eigenvalue weighted by Crippen LogP contribution is 2.33. The van der Waals surface area contributed by atoms with Crippen molar-refractivity contribution in [3.05, 3.63) is 71.2 Å². The van der Waals surface area contributed by atoms with Gasteiger partial charge in [-0.15, -0.1) is 0 Å². The monoisotopic (exact) mass is 463 g/mol. The molecule has 3 aromatic rings. The number of amides is 2. The van der Waals surface area contributed by atoms with E-state index in [1.54, 1.807) is 19.1 Å². The van der Waals surface area contributed by atoms with Crippen molar-refractivity contribution >= 4 is 36.8 Å². The number of benzene rings is 1. The van der Waals surface area contributed by atoms with Crippen LogP contribution in [-0.4, -0.2) is 33.1 Å². The minimum atomic E-state index is -4.47. The quantitative estimate of drug-likeness (QED) is 0.632. The van der Waals surface area contributed by atoms with Crippen molar-refractivity contribution in [1.29, 1.82) is 0 Å². The number of pyridine rings is 1. The molecular formula is C21H20F3N5O2S. The van der Waals surface area contributed by atoms with E-state index in [1.807, 2.05) is 6.92 Å². The summed E-state index contributed by atoms with van der Waals surface area (Å²) < 4.78 is 40.1. The molecule has 0 saturated carbocycles. The van der Waals surface area contributed by atoms with Gasteiger partial charge >= 0.3 is 6.18 Å². The van der Waals surface area contributed by atoms with E-state index in [0.29, 0.717) is 11.5 Å². The highest BCUT2D eigenvalue weighted by atomic mass is 32.1. The van der Waals surface area contributed by atoms with Gasteiger partial charge in [0, 0.05) is 18.4 Å². The van der Waals surface area contributed by atoms with E-state index < -0.39 is 23.6 Å². The van der Waals surface area contributed by atoms with Crippen LogP contribution in [0, 0.1) is 6.92 Å². The first-order valence-electron chi connectivity index (χ1n) is 9.46. The maximum atomic E-state index is 13.2. The van der Waals surface area contributed by atoms with Gasteiger partial charge in [-0.05, 0) is 49.7 Å². The fourth-order valence-electron chi connectivity index (χ4n) is 3.47. The Bertz CT molecular complexity index is 1160. The number of hydrogen-bond acceptors (Lipinski definition) is 4. The predicted octanol–water partition coefficient (Wildman–Crippen LogP) is 4.19. The zero-order valence-corrected chi connectivity index (χ0v) is 18.1. The Hall–Kier alpha value is -3.34. The van der Waals surface area contributed by atoms with E-state index in [-0.39, 0.29) is 37.3 Å². The number of anilines is 2. The van der Waals surface area contributed by atoms with Crippen LogP contribution < -0.4 is 10.2 Å². The molecule has 0 bridgehead atoms. The van der Waals surface area contributed by atoms with E-state index in [9.17, 15) is 22.8 Å². The van der Waals surface area contributed by atoms with Gasteiger partial charge < -0.3 is 10.2 Å². The lowest BCUT2D eigenvalue weighted by Gasteiger charge is -2.32. The number of carbonyl (C=O) groups excluding carboxylic acids is 2. The summed E-state index contributed by atoms with van der Waals surface area (Å²) in [6, 6.07) is 7.59. The molecule has 0 fully saturated rings. The Morgan fingerprint density at radius 2 is 1.88 bits per heavy atom. The molecule has 4 rings (SSSR count). The largest absolute Gasteiger partial charge is 0.416 e. The molecule has 0 spiro atoms. The Morgan fingerprint density at radius 1 is 1.19 bits per heavy atom. The third kappa shape index (κ3) is 4.20. The highest BCUT2D eigenvalue weighted by Gasteiger charge is 2.36. The SMILES string of the molecule is Cc1cccnc1NC(=O)c1cnn2c1C(=O)N(c1ccc(C(F)(F)F)cc1)C[C@@H]2C.S. The first-order valence-corrected chi connectivity index (χ1v) is 9.46. The molecule has 0 radical (unpaired) electrons. The third-order valence-electron chi connectivity index (χ3n) is 5.10. The fraction of sp³-hybridized carbons (Fsp3) is 0.238. The third-order valence-corrected chi connectivity index (χ3v) is 5.10. The van der Waals surface area contributed by atoms with E-state index in [4.69, 9.17) is 0 Å². The highest BCUT2D eigenvalue weighted by molar-refractivity contribution is 7.59. The first-order chi connectivity index (χ1) is 14.7. The predicted molar refractivity (Wildman–Crippen MR) is 117 cm³/mol. The summed E-state index contributed by atoms with van der Waals surface area (Å²) in [6.07, 6.45) is -1.62. The van der Waals surface area contributed by atoms with Crippen LogP contribution in [0.5, 0.6) is 0 Å². The number of aryl methyl sites for hydroxylation is 1. The number of rotatable bonds is 3. The fourth-order valence-corrected chi connectivity index (χ4v) is 3.47. The minimum Gasteiger partial charge on any atom is -0.306 e. The number of nitrogens with zero attached hydrogens (tertiary/aromatic N) is 4. The summed E-state index contributed by atoms with van der Waals surface area (Å²) in [5.41, 5.74) is 0.403. The molecule has 1 N–H and O–H groups in total. The van der Waals surface area contributed by atoms with Crippen molar-refractivity contribution in [3.63, 3.8) is 0 Å². The Kier molecular flexibility index (Phi) is 6.31. The molecule has 0 aliphatic carbocycles. The van der Waals surface area contributed by atoms with Gasteiger partial charge in [-0.25, -0.2) is 4.98 Å². The van der Waals surface area contributed by atoms with Gasteiger partial charge in [0.15, 0.2) is 0 Å². The van der Waals surface area contributed by atoms with Crippen LogP contribution in [0.15, 0.2) is 48.8 Å².